The van der Waals surface area contributed by atoms with E-state index in [1.807, 2.05) is 0 Å². The van der Waals surface area contributed by atoms with Crippen molar-refractivity contribution in [1.29, 1.82) is 0 Å². The first kappa shape index (κ1) is 23.8. The Labute approximate surface area is 197 Å². The average molecular weight is 479 g/mol. The molecule has 2 heterocycles. The molecule has 1 aromatic carbocycles. The van der Waals surface area contributed by atoms with Gasteiger partial charge in [0.25, 0.3) is 0 Å². The summed E-state index contributed by atoms with van der Waals surface area (Å²) in [6, 6.07) is 6.12. The van der Waals surface area contributed by atoms with E-state index in [1.165, 1.54) is 47.8 Å². The van der Waals surface area contributed by atoms with Crippen LogP contribution in [0.15, 0.2) is 29.4 Å². The Morgan fingerprint density at radius 3 is 2.73 bits per heavy atom. The van der Waals surface area contributed by atoms with Crippen LogP contribution in [-0.2, 0) is 16.1 Å². The maximum Gasteiger partial charge on any atom is 0.230 e. The molecule has 1 aliphatic heterocycles. The second-order valence-corrected chi connectivity index (χ2v) is 9.38. The van der Waals surface area contributed by atoms with Gasteiger partial charge in [-0.3, -0.25) is 9.69 Å². The van der Waals surface area contributed by atoms with Crippen molar-refractivity contribution < 1.29 is 18.7 Å². The number of benzene rings is 1. The van der Waals surface area contributed by atoms with E-state index in [9.17, 15) is 9.18 Å². The van der Waals surface area contributed by atoms with Crippen LogP contribution in [0.5, 0.6) is 5.75 Å². The van der Waals surface area contributed by atoms with Crippen LogP contribution in [-0.4, -0.2) is 69.8 Å². The summed E-state index contributed by atoms with van der Waals surface area (Å²) >= 11 is 1.21. The fraction of sp³-hybridized carbons (Fsp3) is 0.591. The molecule has 0 bridgehead atoms. The first-order chi connectivity index (χ1) is 16.1. The standard InChI is InChI=1S/C22H31FN6O3S/c23-17-6-2-3-7-18(17)32-14-19-26-27-21(29(19)24)33-15-20(30)25-16-22(8-4-1-5-9-22)28-10-12-31-13-11-28/h2-3,6-7H,1,4-5,8-16,24H2,(H,25,30). The number of carbonyl (C=O) groups is 1. The number of nitrogen functional groups attached to an aromatic ring is 1. The highest BCUT2D eigenvalue weighted by atomic mass is 32.2. The molecule has 0 radical (unpaired) electrons. The third-order valence-corrected chi connectivity index (χ3v) is 7.28. The molecule has 0 atom stereocenters. The summed E-state index contributed by atoms with van der Waals surface area (Å²) in [5.74, 6) is 6.17. The van der Waals surface area contributed by atoms with E-state index in [-0.39, 0.29) is 29.6 Å². The molecular formula is C22H31FN6O3S. The van der Waals surface area contributed by atoms with Crippen molar-refractivity contribution in [1.82, 2.24) is 25.1 Å². The number of hydrogen-bond acceptors (Lipinski definition) is 8. The number of morpholine rings is 1. The SMILES string of the molecule is Nn1c(COc2ccccc2F)nnc1SCC(=O)NCC1(N2CCOCC2)CCCCC1. The van der Waals surface area contributed by atoms with Crippen molar-refractivity contribution in [2.24, 2.45) is 0 Å². The van der Waals surface area contributed by atoms with Crippen LogP contribution in [0.3, 0.4) is 0 Å². The second-order valence-electron chi connectivity index (χ2n) is 8.44. The molecule has 11 heteroatoms. The van der Waals surface area contributed by atoms with Crippen molar-refractivity contribution in [3.63, 3.8) is 0 Å². The third-order valence-electron chi connectivity index (χ3n) is 6.34. The highest BCUT2D eigenvalue weighted by Gasteiger charge is 2.38. The summed E-state index contributed by atoms with van der Waals surface area (Å²) in [5, 5.41) is 11.6. The van der Waals surface area contributed by atoms with E-state index in [1.54, 1.807) is 12.1 Å². The number of hydrogen-bond donors (Lipinski definition) is 2. The number of para-hydroxylation sites is 1. The number of aromatic nitrogens is 3. The molecule has 1 aliphatic carbocycles. The molecule has 9 nitrogen and oxygen atoms in total. The predicted molar refractivity (Wildman–Crippen MR) is 123 cm³/mol. The van der Waals surface area contributed by atoms with E-state index in [0.29, 0.717) is 17.5 Å². The number of amides is 1. The fourth-order valence-corrected chi connectivity index (χ4v) is 5.21. The Kier molecular flexibility index (Phi) is 8.05. The predicted octanol–water partition coefficient (Wildman–Crippen LogP) is 1.95. The van der Waals surface area contributed by atoms with Crippen LogP contribution >= 0.6 is 11.8 Å². The molecule has 33 heavy (non-hydrogen) atoms. The van der Waals surface area contributed by atoms with Gasteiger partial charge in [-0.2, -0.15) is 0 Å². The monoisotopic (exact) mass is 478 g/mol. The van der Waals surface area contributed by atoms with Gasteiger partial charge in [0.15, 0.2) is 17.4 Å². The Morgan fingerprint density at radius 1 is 1.21 bits per heavy atom. The van der Waals surface area contributed by atoms with Gasteiger partial charge in [-0.15, -0.1) is 10.2 Å². The van der Waals surface area contributed by atoms with E-state index in [4.69, 9.17) is 15.3 Å². The van der Waals surface area contributed by atoms with Gasteiger partial charge in [-0.05, 0) is 25.0 Å². The Balaban J connectivity index is 1.27. The number of thioether (sulfide) groups is 1. The minimum Gasteiger partial charge on any atom is -0.482 e. The zero-order valence-corrected chi connectivity index (χ0v) is 19.5. The minimum atomic E-state index is -0.459. The summed E-state index contributed by atoms with van der Waals surface area (Å²) in [6.07, 6.45) is 5.84. The summed E-state index contributed by atoms with van der Waals surface area (Å²) < 4.78 is 25.9. The largest absolute Gasteiger partial charge is 0.482 e. The summed E-state index contributed by atoms with van der Waals surface area (Å²) in [4.78, 5) is 15.1. The molecule has 1 amide bonds. The number of ether oxygens (including phenoxy) is 2. The molecule has 1 saturated heterocycles. The van der Waals surface area contributed by atoms with Crippen LogP contribution in [0.4, 0.5) is 4.39 Å². The van der Waals surface area contributed by atoms with Crippen molar-refractivity contribution in [2.75, 3.05) is 44.4 Å². The van der Waals surface area contributed by atoms with Gasteiger partial charge >= 0.3 is 0 Å². The number of halogens is 1. The summed E-state index contributed by atoms with van der Waals surface area (Å²) in [6.45, 7) is 3.95. The van der Waals surface area contributed by atoms with Crippen molar-refractivity contribution in [2.45, 2.75) is 49.4 Å². The minimum absolute atomic E-state index is 0.0213. The molecule has 1 saturated carbocycles. The molecule has 2 aliphatic rings. The number of nitrogens with zero attached hydrogens (tertiary/aromatic N) is 4. The van der Waals surface area contributed by atoms with Crippen molar-refractivity contribution in [3.8, 4) is 5.75 Å². The molecule has 1 aromatic heterocycles. The number of nitrogens with two attached hydrogens (primary N) is 1. The first-order valence-corrected chi connectivity index (χ1v) is 12.3. The molecule has 3 N–H and O–H groups in total. The Bertz CT molecular complexity index is 931. The quantitative estimate of drug-likeness (QED) is 0.416. The van der Waals surface area contributed by atoms with E-state index in [2.05, 4.69) is 20.4 Å². The smallest absolute Gasteiger partial charge is 0.230 e. The van der Waals surface area contributed by atoms with Gasteiger partial charge in [-0.1, -0.05) is 43.2 Å². The van der Waals surface area contributed by atoms with Gasteiger partial charge in [0.05, 0.1) is 19.0 Å². The van der Waals surface area contributed by atoms with Crippen molar-refractivity contribution in [3.05, 3.63) is 35.9 Å². The zero-order chi connectivity index (χ0) is 23.1. The van der Waals surface area contributed by atoms with E-state index < -0.39 is 5.82 Å². The van der Waals surface area contributed by atoms with Crippen LogP contribution in [0, 0.1) is 5.82 Å². The molecule has 4 rings (SSSR count). The molecule has 0 spiro atoms. The highest BCUT2D eigenvalue weighted by Crippen LogP contribution is 2.34. The molecule has 180 valence electrons. The number of rotatable bonds is 9. The van der Waals surface area contributed by atoms with Crippen LogP contribution in [0.25, 0.3) is 0 Å². The van der Waals surface area contributed by atoms with Crippen LogP contribution in [0.1, 0.15) is 37.9 Å². The van der Waals surface area contributed by atoms with E-state index in [0.717, 1.165) is 39.1 Å². The lowest BCUT2D eigenvalue weighted by atomic mass is 9.79. The summed E-state index contributed by atoms with van der Waals surface area (Å²) in [7, 11) is 0. The first-order valence-electron chi connectivity index (χ1n) is 11.4. The maximum atomic E-state index is 13.7. The molecule has 2 aromatic rings. The van der Waals surface area contributed by atoms with E-state index >= 15 is 0 Å². The number of nitrogens with one attached hydrogen (secondary N) is 1. The third kappa shape index (κ3) is 5.96. The Hall–Kier alpha value is -2.37. The van der Waals surface area contributed by atoms with Gasteiger partial charge in [0.2, 0.25) is 11.1 Å². The lowest BCUT2D eigenvalue weighted by Gasteiger charge is -2.48. The molecular weight excluding hydrogens is 447 g/mol. The summed E-state index contributed by atoms with van der Waals surface area (Å²) in [5.41, 5.74) is 0.0213. The topological polar surface area (TPSA) is 108 Å². The van der Waals surface area contributed by atoms with Gasteiger partial charge in [0.1, 0.15) is 6.61 Å². The molecule has 2 fully saturated rings. The highest BCUT2D eigenvalue weighted by molar-refractivity contribution is 7.99. The van der Waals surface area contributed by atoms with Crippen LogP contribution in [0.2, 0.25) is 0 Å². The Morgan fingerprint density at radius 2 is 1.97 bits per heavy atom. The molecule has 0 unspecified atom stereocenters. The maximum absolute atomic E-state index is 13.7. The number of carbonyl (C=O) groups excluding carboxylic acids is 1. The van der Waals surface area contributed by atoms with Gasteiger partial charge < -0.3 is 20.6 Å². The zero-order valence-electron chi connectivity index (χ0n) is 18.7. The van der Waals surface area contributed by atoms with Crippen molar-refractivity contribution >= 4 is 17.7 Å². The lowest BCUT2D eigenvalue weighted by molar-refractivity contribution is -0.119. The average Bonchev–Trinajstić information content (AvgIpc) is 3.21. The normalized spacial score (nSPS) is 18.7. The fourth-order valence-electron chi connectivity index (χ4n) is 4.50. The van der Waals surface area contributed by atoms with Gasteiger partial charge in [-0.25, -0.2) is 9.07 Å². The second kappa shape index (κ2) is 11.2. The van der Waals surface area contributed by atoms with Gasteiger partial charge in [0, 0.05) is 25.2 Å². The van der Waals surface area contributed by atoms with Crippen LogP contribution < -0.4 is 15.9 Å². The lowest BCUT2D eigenvalue weighted by Crippen LogP contribution is -2.59.